The van der Waals surface area contributed by atoms with E-state index in [4.69, 9.17) is 0 Å². The SMILES string of the molecule is CC.CC.CC1CN(CC2CCCC2)C1. The monoisotopic (exact) mass is 213 g/mol. The van der Waals surface area contributed by atoms with Crippen LogP contribution >= 0.6 is 0 Å². The van der Waals surface area contributed by atoms with E-state index < -0.39 is 0 Å². The first-order valence-electron chi connectivity index (χ1n) is 7.07. The molecule has 0 bridgehead atoms. The number of hydrogen-bond acceptors (Lipinski definition) is 1. The van der Waals surface area contributed by atoms with Gasteiger partial charge in [-0.3, -0.25) is 0 Å². The Morgan fingerprint density at radius 1 is 0.933 bits per heavy atom. The highest BCUT2D eigenvalue weighted by Crippen LogP contribution is 2.27. The zero-order chi connectivity index (χ0) is 11.7. The minimum absolute atomic E-state index is 0.983. The predicted molar refractivity (Wildman–Crippen MR) is 70.3 cm³/mol. The molecule has 2 aliphatic rings. The lowest BCUT2D eigenvalue weighted by Gasteiger charge is -2.38. The summed E-state index contributed by atoms with van der Waals surface area (Å²) in [6, 6.07) is 0. The Labute approximate surface area is 97.2 Å². The third kappa shape index (κ3) is 5.55. The Hall–Kier alpha value is -0.0400. The quantitative estimate of drug-likeness (QED) is 0.665. The lowest BCUT2D eigenvalue weighted by Crippen LogP contribution is -2.46. The highest BCUT2D eigenvalue weighted by atomic mass is 15.2. The summed E-state index contributed by atoms with van der Waals surface area (Å²) in [5.74, 6) is 2.04. The van der Waals surface area contributed by atoms with Gasteiger partial charge in [-0.15, -0.1) is 0 Å². The largest absolute Gasteiger partial charge is 0.302 e. The van der Waals surface area contributed by atoms with Gasteiger partial charge < -0.3 is 4.90 Å². The standard InChI is InChI=1S/C10H19N.2C2H6/c1-9-6-11(7-9)8-10-4-2-3-5-10;2*1-2/h9-10H,2-8H2,1H3;2*1-2H3. The fraction of sp³-hybridized carbons (Fsp3) is 1.00. The fourth-order valence-corrected chi connectivity index (χ4v) is 2.54. The summed E-state index contributed by atoms with van der Waals surface area (Å²) in [6.07, 6.45) is 6.00. The number of hydrogen-bond donors (Lipinski definition) is 0. The van der Waals surface area contributed by atoms with E-state index in [1.54, 1.807) is 0 Å². The van der Waals surface area contributed by atoms with E-state index in [0.717, 1.165) is 11.8 Å². The van der Waals surface area contributed by atoms with Gasteiger partial charge in [-0.1, -0.05) is 47.5 Å². The van der Waals surface area contributed by atoms with Gasteiger partial charge in [-0.25, -0.2) is 0 Å². The van der Waals surface area contributed by atoms with Crippen molar-refractivity contribution >= 4 is 0 Å². The number of likely N-dealkylation sites (tertiary alicyclic amines) is 1. The molecule has 1 saturated carbocycles. The van der Waals surface area contributed by atoms with Crippen LogP contribution in [0, 0.1) is 11.8 Å². The van der Waals surface area contributed by atoms with Crippen molar-refractivity contribution in [2.75, 3.05) is 19.6 Å². The first-order chi connectivity index (χ1) is 7.34. The molecule has 0 atom stereocenters. The maximum Gasteiger partial charge on any atom is 0.00195 e. The molecule has 1 aliphatic heterocycles. The Bertz CT molecular complexity index is 121. The number of nitrogens with zero attached hydrogens (tertiary/aromatic N) is 1. The van der Waals surface area contributed by atoms with Crippen LogP contribution in [0.4, 0.5) is 0 Å². The van der Waals surface area contributed by atoms with E-state index in [0.29, 0.717) is 0 Å². The second kappa shape index (κ2) is 9.21. The summed E-state index contributed by atoms with van der Waals surface area (Å²) in [7, 11) is 0. The minimum Gasteiger partial charge on any atom is -0.302 e. The molecule has 1 heteroatoms. The summed E-state index contributed by atoms with van der Waals surface area (Å²) in [5, 5.41) is 0. The van der Waals surface area contributed by atoms with Crippen molar-refractivity contribution < 1.29 is 0 Å². The van der Waals surface area contributed by atoms with Crippen molar-refractivity contribution in [3.05, 3.63) is 0 Å². The molecular formula is C14H31N. The molecule has 1 heterocycles. The van der Waals surface area contributed by atoms with Crippen LogP contribution in [0.2, 0.25) is 0 Å². The van der Waals surface area contributed by atoms with Gasteiger partial charge in [0.1, 0.15) is 0 Å². The lowest BCUT2D eigenvalue weighted by molar-refractivity contribution is 0.0934. The van der Waals surface area contributed by atoms with Gasteiger partial charge in [0.2, 0.25) is 0 Å². The van der Waals surface area contributed by atoms with Crippen molar-refractivity contribution in [1.82, 2.24) is 4.90 Å². The Kier molecular flexibility index (Phi) is 9.18. The average Bonchev–Trinajstić information content (AvgIpc) is 2.75. The molecule has 92 valence electrons. The topological polar surface area (TPSA) is 3.24 Å². The zero-order valence-corrected chi connectivity index (χ0v) is 11.6. The summed E-state index contributed by atoms with van der Waals surface area (Å²) < 4.78 is 0. The molecule has 1 nitrogen and oxygen atoms in total. The molecular weight excluding hydrogens is 182 g/mol. The van der Waals surface area contributed by atoms with E-state index in [9.17, 15) is 0 Å². The molecule has 0 unspecified atom stereocenters. The normalized spacial score (nSPS) is 22.2. The highest BCUT2D eigenvalue weighted by Gasteiger charge is 2.26. The van der Waals surface area contributed by atoms with Gasteiger partial charge in [0.15, 0.2) is 0 Å². The van der Waals surface area contributed by atoms with E-state index >= 15 is 0 Å². The van der Waals surface area contributed by atoms with Crippen LogP contribution in [0.15, 0.2) is 0 Å². The Morgan fingerprint density at radius 3 is 1.80 bits per heavy atom. The second-order valence-electron chi connectivity index (χ2n) is 4.47. The summed E-state index contributed by atoms with van der Waals surface area (Å²) >= 11 is 0. The maximum absolute atomic E-state index is 2.63. The van der Waals surface area contributed by atoms with Crippen LogP contribution in [-0.2, 0) is 0 Å². The molecule has 15 heavy (non-hydrogen) atoms. The van der Waals surface area contributed by atoms with Crippen LogP contribution in [0.25, 0.3) is 0 Å². The first-order valence-corrected chi connectivity index (χ1v) is 7.07. The molecule has 0 aromatic heterocycles. The van der Waals surface area contributed by atoms with Crippen molar-refractivity contribution in [1.29, 1.82) is 0 Å². The van der Waals surface area contributed by atoms with Gasteiger partial charge >= 0.3 is 0 Å². The Morgan fingerprint density at radius 2 is 1.40 bits per heavy atom. The van der Waals surface area contributed by atoms with Gasteiger partial charge in [-0.05, 0) is 24.7 Å². The van der Waals surface area contributed by atoms with Crippen LogP contribution in [0.3, 0.4) is 0 Å². The van der Waals surface area contributed by atoms with Gasteiger partial charge in [-0.2, -0.15) is 0 Å². The predicted octanol–water partition coefficient (Wildman–Crippen LogP) is 4.18. The fourth-order valence-electron chi connectivity index (χ4n) is 2.54. The summed E-state index contributed by atoms with van der Waals surface area (Å²) in [6.45, 7) is 14.5. The molecule has 2 rings (SSSR count). The zero-order valence-electron chi connectivity index (χ0n) is 11.6. The molecule has 0 amide bonds. The lowest BCUT2D eigenvalue weighted by atomic mass is 9.99. The third-order valence-electron chi connectivity index (χ3n) is 3.13. The summed E-state index contributed by atoms with van der Waals surface area (Å²) in [4.78, 5) is 2.63. The molecule has 0 spiro atoms. The van der Waals surface area contributed by atoms with E-state index in [1.807, 2.05) is 27.7 Å². The maximum atomic E-state index is 2.63. The van der Waals surface area contributed by atoms with Crippen LogP contribution in [0.5, 0.6) is 0 Å². The second-order valence-corrected chi connectivity index (χ2v) is 4.47. The van der Waals surface area contributed by atoms with Crippen LogP contribution in [0.1, 0.15) is 60.3 Å². The van der Waals surface area contributed by atoms with Crippen molar-refractivity contribution in [3.8, 4) is 0 Å². The first kappa shape index (κ1) is 15.0. The molecule has 1 aliphatic carbocycles. The van der Waals surface area contributed by atoms with Crippen molar-refractivity contribution in [2.45, 2.75) is 60.3 Å². The van der Waals surface area contributed by atoms with E-state index in [2.05, 4.69) is 11.8 Å². The third-order valence-corrected chi connectivity index (χ3v) is 3.13. The van der Waals surface area contributed by atoms with Gasteiger partial charge in [0.25, 0.3) is 0 Å². The Balaban J connectivity index is 0.000000442. The number of rotatable bonds is 2. The van der Waals surface area contributed by atoms with E-state index in [-0.39, 0.29) is 0 Å². The van der Waals surface area contributed by atoms with E-state index in [1.165, 1.54) is 45.3 Å². The molecule has 0 aromatic rings. The van der Waals surface area contributed by atoms with Gasteiger partial charge in [0.05, 0.1) is 0 Å². The van der Waals surface area contributed by atoms with Crippen molar-refractivity contribution in [3.63, 3.8) is 0 Å². The van der Waals surface area contributed by atoms with Crippen molar-refractivity contribution in [2.24, 2.45) is 11.8 Å². The average molecular weight is 213 g/mol. The summed E-state index contributed by atoms with van der Waals surface area (Å²) in [5.41, 5.74) is 0. The molecule has 1 saturated heterocycles. The highest BCUT2D eigenvalue weighted by molar-refractivity contribution is 4.80. The smallest absolute Gasteiger partial charge is 0.00195 e. The molecule has 0 aromatic carbocycles. The van der Waals surface area contributed by atoms with Crippen LogP contribution in [-0.4, -0.2) is 24.5 Å². The van der Waals surface area contributed by atoms with Crippen LogP contribution < -0.4 is 0 Å². The van der Waals surface area contributed by atoms with Gasteiger partial charge in [0, 0.05) is 19.6 Å². The molecule has 2 fully saturated rings. The molecule has 0 radical (unpaired) electrons. The minimum atomic E-state index is 0.983. The molecule has 0 N–H and O–H groups in total.